The number of aryl methyl sites for hydroxylation is 1. The molecule has 0 aliphatic carbocycles. The summed E-state index contributed by atoms with van der Waals surface area (Å²) in [4.78, 5) is 66.6. The SMILES string of the molecule is O=C1CCC(Nc2cccc(CN3CCN(c4ccc(-c5cc(F)c6c(c5)C(=O)N(C(C(=O)Nc5nccs5)c5ncn7c5CCC7)C6)cc4)CC3)c2)C(=O)N1. The molecule has 2 saturated heterocycles. The fourth-order valence-electron chi connectivity index (χ4n) is 8.24. The number of aromatic nitrogens is 3. The van der Waals surface area contributed by atoms with Crippen LogP contribution in [0.4, 0.5) is 20.9 Å². The third-order valence-electron chi connectivity index (χ3n) is 11.1. The van der Waals surface area contributed by atoms with E-state index in [1.165, 1.54) is 22.3 Å². The second kappa shape index (κ2) is 15.0. The third-order valence-corrected chi connectivity index (χ3v) is 11.8. The zero-order chi connectivity index (χ0) is 38.3. The zero-order valence-electron chi connectivity index (χ0n) is 30.5. The third kappa shape index (κ3) is 7.03. The van der Waals surface area contributed by atoms with E-state index in [0.717, 1.165) is 80.3 Å². The summed E-state index contributed by atoms with van der Waals surface area (Å²) in [6, 6.07) is 17.8. The summed E-state index contributed by atoms with van der Waals surface area (Å²) in [5.41, 5.74) is 6.40. The number of carbonyl (C=O) groups is 4. The van der Waals surface area contributed by atoms with E-state index in [4.69, 9.17) is 0 Å². The van der Waals surface area contributed by atoms with Crippen molar-refractivity contribution in [3.05, 3.63) is 112 Å². The van der Waals surface area contributed by atoms with Crippen LogP contribution >= 0.6 is 11.3 Å². The average molecular weight is 774 g/mol. The maximum atomic E-state index is 15.9. The van der Waals surface area contributed by atoms with Gasteiger partial charge >= 0.3 is 0 Å². The number of halogens is 1. The molecule has 3 aromatic carbocycles. The molecule has 13 nitrogen and oxygen atoms in total. The van der Waals surface area contributed by atoms with E-state index in [-0.39, 0.29) is 29.5 Å². The highest BCUT2D eigenvalue weighted by Crippen LogP contribution is 2.38. The van der Waals surface area contributed by atoms with E-state index < -0.39 is 29.7 Å². The molecule has 0 spiro atoms. The van der Waals surface area contributed by atoms with Crippen molar-refractivity contribution in [1.29, 1.82) is 0 Å². The molecule has 2 atom stereocenters. The Bertz CT molecular complexity index is 2320. The monoisotopic (exact) mass is 773 g/mol. The first kappa shape index (κ1) is 35.8. The largest absolute Gasteiger partial charge is 0.374 e. The van der Waals surface area contributed by atoms with Crippen LogP contribution in [0.1, 0.15) is 58.2 Å². The van der Waals surface area contributed by atoms with Crippen LogP contribution in [0, 0.1) is 5.82 Å². The number of piperazine rings is 1. The number of nitrogens with zero attached hydrogens (tertiary/aromatic N) is 6. The van der Waals surface area contributed by atoms with Crippen molar-refractivity contribution >= 4 is 51.5 Å². The Morgan fingerprint density at radius 1 is 0.964 bits per heavy atom. The molecule has 3 N–H and O–H groups in total. The number of hydrogen-bond donors (Lipinski definition) is 3. The van der Waals surface area contributed by atoms with E-state index >= 15 is 4.39 Å². The standard InChI is InChI=1S/C41H40FN9O4S/c42-32-21-27(20-30-31(32)23-51(40(30)55)37(39(54)47-41-43-12-18-56-41)36-34-5-2-13-50(34)24-44-36)26-6-8-29(9-7-26)49-16-14-48(15-17-49)22-25-3-1-4-28(19-25)45-33-10-11-35(52)46-38(33)53/h1,3-4,6-9,12,18-21,24,33,37,45H,2,5,10-11,13-17,22-23H2,(H,43,47,54)(H,46,52,53). The van der Waals surface area contributed by atoms with Crippen molar-refractivity contribution in [2.75, 3.05) is 41.7 Å². The van der Waals surface area contributed by atoms with Gasteiger partial charge in [0.25, 0.3) is 11.8 Å². The van der Waals surface area contributed by atoms with Crippen LogP contribution in [-0.2, 0) is 40.4 Å². The number of imide groups is 1. The average Bonchev–Trinajstić information content (AvgIpc) is 4.02. The van der Waals surface area contributed by atoms with Crippen LogP contribution in [-0.4, -0.2) is 80.2 Å². The van der Waals surface area contributed by atoms with E-state index in [1.807, 2.05) is 41.0 Å². The summed E-state index contributed by atoms with van der Waals surface area (Å²) in [5, 5.41) is 10.7. The van der Waals surface area contributed by atoms with Gasteiger partial charge in [-0.05, 0) is 72.4 Å². The number of carbonyl (C=O) groups excluding carboxylic acids is 4. The van der Waals surface area contributed by atoms with Gasteiger partial charge in [0, 0.05) is 85.5 Å². The molecule has 15 heteroatoms. The van der Waals surface area contributed by atoms with Gasteiger partial charge in [0.05, 0.1) is 18.6 Å². The maximum Gasteiger partial charge on any atom is 0.255 e. The number of rotatable bonds is 10. The maximum absolute atomic E-state index is 15.9. The van der Waals surface area contributed by atoms with Gasteiger partial charge in [0.15, 0.2) is 11.2 Å². The number of hydrogen-bond acceptors (Lipinski definition) is 10. The number of nitrogens with one attached hydrogen (secondary N) is 3. The molecule has 4 aliphatic heterocycles. The Kier molecular flexibility index (Phi) is 9.55. The lowest BCUT2D eigenvalue weighted by atomic mass is 9.99. The van der Waals surface area contributed by atoms with Crippen molar-refractivity contribution < 1.29 is 23.6 Å². The summed E-state index contributed by atoms with van der Waals surface area (Å²) in [5.74, 6) is -1.84. The summed E-state index contributed by atoms with van der Waals surface area (Å²) >= 11 is 1.28. The van der Waals surface area contributed by atoms with E-state index in [1.54, 1.807) is 24.0 Å². The molecule has 0 radical (unpaired) electrons. The highest BCUT2D eigenvalue weighted by atomic mass is 32.1. The fourth-order valence-corrected chi connectivity index (χ4v) is 8.78. The van der Waals surface area contributed by atoms with Crippen molar-refractivity contribution in [1.82, 2.24) is 29.7 Å². The summed E-state index contributed by atoms with van der Waals surface area (Å²) in [6.07, 6.45) is 5.79. The minimum absolute atomic E-state index is 0.0435. The van der Waals surface area contributed by atoms with Gasteiger partial charge < -0.3 is 19.7 Å². The molecule has 6 heterocycles. The molecular formula is C41H40FN9O4S. The van der Waals surface area contributed by atoms with Gasteiger partial charge in [0.1, 0.15) is 11.9 Å². The molecule has 2 aromatic heterocycles. The number of benzene rings is 3. The Labute approximate surface area is 326 Å². The number of piperidine rings is 1. The summed E-state index contributed by atoms with van der Waals surface area (Å²) in [7, 11) is 0. The highest BCUT2D eigenvalue weighted by Gasteiger charge is 2.42. The highest BCUT2D eigenvalue weighted by molar-refractivity contribution is 7.13. The molecule has 0 saturated carbocycles. The van der Waals surface area contributed by atoms with Crippen LogP contribution in [0.25, 0.3) is 11.1 Å². The molecule has 0 bridgehead atoms. The molecule has 2 fully saturated rings. The number of fused-ring (bicyclic) bond motifs is 2. The molecule has 56 heavy (non-hydrogen) atoms. The van der Waals surface area contributed by atoms with E-state index in [9.17, 15) is 19.2 Å². The lowest BCUT2D eigenvalue weighted by molar-refractivity contribution is -0.133. The summed E-state index contributed by atoms with van der Waals surface area (Å²) in [6.45, 7) is 4.94. The first-order valence-electron chi connectivity index (χ1n) is 18.9. The van der Waals surface area contributed by atoms with E-state index in [0.29, 0.717) is 29.2 Å². The molecule has 286 valence electrons. The fraction of sp³-hybridized carbons (Fsp3) is 0.317. The predicted octanol–water partition coefficient (Wildman–Crippen LogP) is 4.97. The van der Waals surface area contributed by atoms with Crippen LogP contribution in [0.3, 0.4) is 0 Å². The minimum Gasteiger partial charge on any atom is -0.374 e. The first-order chi connectivity index (χ1) is 27.3. The smallest absolute Gasteiger partial charge is 0.255 e. The Hall–Kier alpha value is -5.93. The molecule has 9 rings (SSSR count). The van der Waals surface area contributed by atoms with Crippen LogP contribution in [0.5, 0.6) is 0 Å². The summed E-state index contributed by atoms with van der Waals surface area (Å²) < 4.78 is 17.9. The molecule has 4 amide bonds. The van der Waals surface area contributed by atoms with Crippen LogP contribution in [0.2, 0.25) is 0 Å². The van der Waals surface area contributed by atoms with Crippen molar-refractivity contribution in [3.8, 4) is 11.1 Å². The normalized spacial score (nSPS) is 18.8. The predicted molar refractivity (Wildman–Crippen MR) is 209 cm³/mol. The van der Waals surface area contributed by atoms with Crippen molar-refractivity contribution in [3.63, 3.8) is 0 Å². The van der Waals surface area contributed by atoms with Gasteiger partial charge in [-0.2, -0.15) is 0 Å². The number of imidazole rings is 1. The van der Waals surface area contributed by atoms with Gasteiger partial charge in [-0.3, -0.25) is 34.7 Å². The molecule has 2 unspecified atom stereocenters. The Morgan fingerprint density at radius 2 is 1.80 bits per heavy atom. The van der Waals surface area contributed by atoms with Gasteiger partial charge in [-0.25, -0.2) is 14.4 Å². The minimum atomic E-state index is -1.04. The zero-order valence-corrected chi connectivity index (χ0v) is 31.4. The van der Waals surface area contributed by atoms with E-state index in [2.05, 4.69) is 47.9 Å². The number of thiazole rings is 1. The second-order valence-corrected chi connectivity index (χ2v) is 15.6. The molecule has 5 aromatic rings. The van der Waals surface area contributed by atoms with Crippen LogP contribution in [0.15, 0.2) is 78.6 Å². The molecular weight excluding hydrogens is 734 g/mol. The van der Waals surface area contributed by atoms with Gasteiger partial charge in [0.2, 0.25) is 11.8 Å². The van der Waals surface area contributed by atoms with Gasteiger partial charge in [-0.15, -0.1) is 11.3 Å². The van der Waals surface area contributed by atoms with Crippen molar-refractivity contribution in [2.45, 2.75) is 57.4 Å². The van der Waals surface area contributed by atoms with Crippen LogP contribution < -0.4 is 20.9 Å². The quantitative estimate of drug-likeness (QED) is 0.168. The number of amides is 4. The first-order valence-corrected chi connectivity index (χ1v) is 19.8. The topological polar surface area (TPSA) is 145 Å². The van der Waals surface area contributed by atoms with Crippen molar-refractivity contribution in [2.24, 2.45) is 0 Å². The van der Waals surface area contributed by atoms with Gasteiger partial charge in [-0.1, -0.05) is 24.3 Å². The lowest BCUT2D eigenvalue weighted by Gasteiger charge is -2.36. The Balaban J connectivity index is 0.855. The lowest BCUT2D eigenvalue weighted by Crippen LogP contribution is -2.47. The number of anilines is 3. The Morgan fingerprint density at radius 3 is 2.59 bits per heavy atom. The molecule has 4 aliphatic rings. The second-order valence-electron chi connectivity index (χ2n) is 14.7.